The molecule has 2 rings (SSSR count). The zero-order valence-electron chi connectivity index (χ0n) is 11.3. The van der Waals surface area contributed by atoms with Gasteiger partial charge in [0.05, 0.1) is 0 Å². The topological polar surface area (TPSA) is 79.3 Å². The number of nitrogens with zero attached hydrogens (tertiary/aromatic N) is 3. The maximum atomic E-state index is 12.0. The molecule has 1 aromatic heterocycles. The molecule has 0 fully saturated rings. The van der Waals surface area contributed by atoms with Crippen LogP contribution in [-0.2, 0) is 11.2 Å². The molecule has 104 valence electrons. The van der Waals surface area contributed by atoms with Crippen LogP contribution in [0.5, 0.6) is 0 Å². The molecule has 0 spiro atoms. The lowest BCUT2D eigenvalue weighted by Gasteiger charge is -2.05. The third-order valence-corrected chi connectivity index (χ3v) is 3.49. The van der Waals surface area contributed by atoms with Gasteiger partial charge < -0.3 is 5.32 Å². The number of carbonyl (C=O) groups excluding carboxylic acids is 1. The smallest absolute Gasteiger partial charge is 0.292 e. The van der Waals surface area contributed by atoms with Crippen molar-refractivity contribution in [2.24, 2.45) is 10.9 Å². The lowest BCUT2D eigenvalue weighted by Crippen LogP contribution is -2.35. The van der Waals surface area contributed by atoms with Crippen LogP contribution in [0.25, 0.3) is 0 Å². The molecule has 0 aliphatic carbocycles. The van der Waals surface area contributed by atoms with E-state index in [0.717, 1.165) is 30.8 Å². The molecule has 2 heterocycles. The van der Waals surface area contributed by atoms with Crippen molar-refractivity contribution in [3.05, 3.63) is 5.01 Å². The molecular weight excluding hydrogens is 262 g/mol. The van der Waals surface area contributed by atoms with Crippen molar-refractivity contribution in [3.8, 4) is 0 Å². The number of nitrogens with one attached hydrogen (secondary N) is 2. The van der Waals surface area contributed by atoms with E-state index in [9.17, 15) is 4.79 Å². The number of anilines is 1. The van der Waals surface area contributed by atoms with E-state index < -0.39 is 0 Å². The van der Waals surface area contributed by atoms with E-state index in [1.54, 1.807) is 0 Å². The van der Waals surface area contributed by atoms with Crippen molar-refractivity contribution >= 4 is 28.2 Å². The summed E-state index contributed by atoms with van der Waals surface area (Å²) in [6.07, 6.45) is 2.94. The van der Waals surface area contributed by atoms with Crippen molar-refractivity contribution in [1.29, 1.82) is 0 Å². The van der Waals surface area contributed by atoms with Gasteiger partial charge in [-0.2, -0.15) is 0 Å². The zero-order valence-corrected chi connectivity index (χ0v) is 12.1. The van der Waals surface area contributed by atoms with Gasteiger partial charge in [-0.1, -0.05) is 25.2 Å². The Balaban J connectivity index is 1.94. The number of hydrogen-bond acceptors (Lipinski definition) is 6. The molecule has 1 aliphatic rings. The largest absolute Gasteiger partial charge is 0.366 e. The van der Waals surface area contributed by atoms with Crippen LogP contribution in [-0.4, -0.2) is 35.0 Å². The number of amidine groups is 1. The predicted molar refractivity (Wildman–Crippen MR) is 76.6 cm³/mol. The van der Waals surface area contributed by atoms with Crippen LogP contribution in [0, 0.1) is 5.92 Å². The maximum Gasteiger partial charge on any atom is 0.292 e. The van der Waals surface area contributed by atoms with Crippen LogP contribution in [0.15, 0.2) is 4.99 Å². The van der Waals surface area contributed by atoms with Crippen LogP contribution in [0.1, 0.15) is 31.7 Å². The number of carbonyl (C=O) groups is 1. The fourth-order valence-electron chi connectivity index (χ4n) is 1.73. The van der Waals surface area contributed by atoms with Gasteiger partial charge in [-0.15, -0.1) is 10.2 Å². The van der Waals surface area contributed by atoms with Gasteiger partial charge in [0.2, 0.25) is 5.13 Å². The van der Waals surface area contributed by atoms with Crippen molar-refractivity contribution in [3.63, 3.8) is 0 Å². The van der Waals surface area contributed by atoms with Gasteiger partial charge in [0.25, 0.3) is 5.91 Å². The van der Waals surface area contributed by atoms with Gasteiger partial charge in [0.15, 0.2) is 5.84 Å². The minimum absolute atomic E-state index is 0.228. The monoisotopic (exact) mass is 281 g/mol. The Morgan fingerprint density at radius 2 is 2.26 bits per heavy atom. The Bertz CT molecular complexity index is 468. The lowest BCUT2D eigenvalue weighted by atomic mass is 10.1. The highest BCUT2D eigenvalue weighted by Gasteiger charge is 2.15. The molecule has 2 N–H and O–H groups in total. The first-order chi connectivity index (χ1) is 9.15. The summed E-state index contributed by atoms with van der Waals surface area (Å²) in [5.41, 5.74) is 0. The van der Waals surface area contributed by atoms with E-state index in [4.69, 9.17) is 0 Å². The summed E-state index contributed by atoms with van der Waals surface area (Å²) in [5.74, 6) is 0.705. The molecule has 0 radical (unpaired) electrons. The summed E-state index contributed by atoms with van der Waals surface area (Å²) < 4.78 is 0. The first kappa shape index (κ1) is 13.9. The number of rotatable bonds is 4. The fourth-order valence-corrected chi connectivity index (χ4v) is 2.68. The first-order valence-electron chi connectivity index (χ1n) is 6.57. The summed E-state index contributed by atoms with van der Waals surface area (Å²) in [6, 6.07) is 0. The molecule has 6 nitrogen and oxygen atoms in total. The van der Waals surface area contributed by atoms with E-state index in [-0.39, 0.29) is 5.91 Å². The van der Waals surface area contributed by atoms with E-state index in [2.05, 4.69) is 39.7 Å². The Morgan fingerprint density at radius 1 is 1.42 bits per heavy atom. The second-order valence-electron chi connectivity index (χ2n) is 4.92. The van der Waals surface area contributed by atoms with Crippen LogP contribution in [0.3, 0.4) is 0 Å². The average molecular weight is 281 g/mol. The van der Waals surface area contributed by atoms with Gasteiger partial charge in [-0.25, -0.2) is 0 Å². The number of aromatic nitrogens is 2. The lowest BCUT2D eigenvalue weighted by molar-refractivity contribution is -0.110. The Hall–Kier alpha value is -1.50. The van der Waals surface area contributed by atoms with E-state index >= 15 is 0 Å². The predicted octanol–water partition coefficient (Wildman–Crippen LogP) is 1.46. The van der Waals surface area contributed by atoms with Gasteiger partial charge in [-0.05, 0) is 18.8 Å². The summed E-state index contributed by atoms with van der Waals surface area (Å²) >= 11 is 1.42. The molecule has 1 aromatic rings. The molecule has 0 atom stereocenters. The van der Waals surface area contributed by atoms with Gasteiger partial charge in [0.1, 0.15) is 5.01 Å². The molecule has 19 heavy (non-hydrogen) atoms. The molecule has 0 saturated carbocycles. The second kappa shape index (κ2) is 6.60. The molecule has 0 aromatic carbocycles. The van der Waals surface area contributed by atoms with Crippen LogP contribution < -0.4 is 10.6 Å². The van der Waals surface area contributed by atoms with E-state index in [1.165, 1.54) is 11.3 Å². The average Bonchev–Trinajstić information content (AvgIpc) is 2.64. The molecule has 0 unspecified atom stereocenters. The van der Waals surface area contributed by atoms with Crippen LogP contribution in [0.4, 0.5) is 5.13 Å². The quantitative estimate of drug-likeness (QED) is 0.875. The molecule has 7 heteroatoms. The Morgan fingerprint density at radius 3 is 3.05 bits per heavy atom. The third-order valence-electron chi connectivity index (χ3n) is 2.63. The second-order valence-corrected chi connectivity index (χ2v) is 5.98. The fraction of sp³-hybridized carbons (Fsp3) is 0.667. The summed E-state index contributed by atoms with van der Waals surface area (Å²) in [6.45, 7) is 5.75. The van der Waals surface area contributed by atoms with Gasteiger partial charge in [0, 0.05) is 19.5 Å². The molecule has 1 amide bonds. The van der Waals surface area contributed by atoms with Crippen molar-refractivity contribution in [2.45, 2.75) is 33.1 Å². The molecule has 0 bridgehead atoms. The van der Waals surface area contributed by atoms with Crippen molar-refractivity contribution < 1.29 is 4.79 Å². The van der Waals surface area contributed by atoms with Gasteiger partial charge >= 0.3 is 0 Å². The minimum Gasteiger partial charge on any atom is -0.366 e. The first-order valence-corrected chi connectivity index (χ1v) is 7.39. The van der Waals surface area contributed by atoms with Crippen LogP contribution >= 0.6 is 11.3 Å². The van der Waals surface area contributed by atoms with Crippen molar-refractivity contribution in [1.82, 2.24) is 15.5 Å². The Kier molecular flexibility index (Phi) is 4.84. The summed E-state index contributed by atoms with van der Waals surface area (Å²) in [7, 11) is 0. The molecule has 1 aliphatic heterocycles. The minimum atomic E-state index is -0.228. The normalized spacial score (nSPS) is 15.6. The van der Waals surface area contributed by atoms with Gasteiger partial charge in [-0.3, -0.25) is 15.1 Å². The van der Waals surface area contributed by atoms with Crippen LogP contribution in [0.2, 0.25) is 0 Å². The molecular formula is C12H19N5OS. The maximum absolute atomic E-state index is 12.0. The highest BCUT2D eigenvalue weighted by atomic mass is 32.1. The Labute approximate surface area is 116 Å². The number of amides is 1. The standard InChI is InChI=1S/C12H19N5OS/c1-8(2)7-9-16-17-12(19-9)15-11(18)10-13-5-3-4-6-14-10/h8H,3-7H2,1-2H3,(H,13,14)(H,15,17,18). The highest BCUT2D eigenvalue weighted by molar-refractivity contribution is 7.15. The SMILES string of the molecule is CC(C)Cc1nnc(NC(=O)C2=NCCCCN2)s1. The number of hydrogen-bond donors (Lipinski definition) is 2. The number of aliphatic imine (C=N–C) groups is 1. The highest BCUT2D eigenvalue weighted by Crippen LogP contribution is 2.18. The zero-order chi connectivity index (χ0) is 13.7. The van der Waals surface area contributed by atoms with E-state index in [1.807, 2.05) is 0 Å². The summed E-state index contributed by atoms with van der Waals surface area (Å²) in [5, 5.41) is 15.3. The van der Waals surface area contributed by atoms with Crippen molar-refractivity contribution in [2.75, 3.05) is 18.4 Å². The summed E-state index contributed by atoms with van der Waals surface area (Å²) in [4.78, 5) is 16.2. The third kappa shape index (κ3) is 4.27. The molecule has 0 saturated heterocycles. The van der Waals surface area contributed by atoms with E-state index in [0.29, 0.717) is 23.4 Å².